The lowest BCUT2D eigenvalue weighted by Crippen LogP contribution is -2.28. The monoisotopic (exact) mass is 222 g/mol. The second kappa shape index (κ2) is 4.39. The van der Waals surface area contributed by atoms with Gasteiger partial charge in [0.05, 0.1) is 5.60 Å². The SMILES string of the molecule is Cc1ccnc(N)c1C1(O)CCCOCC1. The van der Waals surface area contributed by atoms with E-state index >= 15 is 0 Å². The average molecular weight is 222 g/mol. The van der Waals surface area contributed by atoms with Gasteiger partial charge in [-0.25, -0.2) is 4.98 Å². The quantitative estimate of drug-likeness (QED) is 0.752. The molecule has 1 unspecified atom stereocenters. The van der Waals surface area contributed by atoms with E-state index in [2.05, 4.69) is 4.98 Å². The molecule has 16 heavy (non-hydrogen) atoms. The molecule has 4 nitrogen and oxygen atoms in total. The number of nitrogen functional groups attached to an aromatic ring is 1. The van der Waals surface area contributed by atoms with Crippen molar-refractivity contribution in [2.24, 2.45) is 0 Å². The number of aromatic nitrogens is 1. The summed E-state index contributed by atoms with van der Waals surface area (Å²) in [5, 5.41) is 10.7. The van der Waals surface area contributed by atoms with E-state index in [1.807, 2.05) is 13.0 Å². The molecule has 0 radical (unpaired) electrons. The molecule has 1 aromatic rings. The number of ether oxygens (including phenoxy) is 1. The molecule has 1 fully saturated rings. The van der Waals surface area contributed by atoms with Crippen LogP contribution in [-0.2, 0) is 10.3 Å². The lowest BCUT2D eigenvalue weighted by Gasteiger charge is -2.28. The number of aryl methyl sites for hydroxylation is 1. The van der Waals surface area contributed by atoms with Crippen LogP contribution in [0.4, 0.5) is 5.82 Å². The van der Waals surface area contributed by atoms with E-state index in [1.165, 1.54) is 0 Å². The van der Waals surface area contributed by atoms with Gasteiger partial charge in [-0.05, 0) is 31.4 Å². The Bertz CT molecular complexity index is 351. The maximum Gasteiger partial charge on any atom is 0.129 e. The first kappa shape index (κ1) is 11.4. The van der Waals surface area contributed by atoms with Gasteiger partial charge in [-0.2, -0.15) is 0 Å². The Morgan fingerprint density at radius 1 is 1.44 bits per heavy atom. The number of hydrogen-bond donors (Lipinski definition) is 2. The average Bonchev–Trinajstić information content (AvgIpc) is 2.43. The largest absolute Gasteiger partial charge is 0.385 e. The van der Waals surface area contributed by atoms with Gasteiger partial charge in [0.1, 0.15) is 5.82 Å². The molecule has 3 N–H and O–H groups in total. The fourth-order valence-corrected chi connectivity index (χ4v) is 2.37. The van der Waals surface area contributed by atoms with E-state index in [9.17, 15) is 5.11 Å². The Morgan fingerprint density at radius 3 is 3.00 bits per heavy atom. The van der Waals surface area contributed by atoms with E-state index in [1.54, 1.807) is 6.20 Å². The number of nitrogens with zero attached hydrogens (tertiary/aromatic N) is 1. The highest BCUT2D eigenvalue weighted by Gasteiger charge is 2.33. The predicted molar refractivity (Wildman–Crippen MR) is 62.0 cm³/mol. The van der Waals surface area contributed by atoms with Gasteiger partial charge in [0.25, 0.3) is 0 Å². The summed E-state index contributed by atoms with van der Waals surface area (Å²) in [7, 11) is 0. The summed E-state index contributed by atoms with van der Waals surface area (Å²) in [5.74, 6) is 0.435. The van der Waals surface area contributed by atoms with E-state index in [0.29, 0.717) is 31.9 Å². The van der Waals surface area contributed by atoms with Crippen LogP contribution in [-0.4, -0.2) is 23.3 Å². The minimum Gasteiger partial charge on any atom is -0.385 e. The van der Waals surface area contributed by atoms with Crippen LogP contribution in [0.1, 0.15) is 30.4 Å². The highest BCUT2D eigenvalue weighted by atomic mass is 16.5. The summed E-state index contributed by atoms with van der Waals surface area (Å²) in [6.45, 7) is 3.24. The molecule has 0 bridgehead atoms. The number of hydrogen-bond acceptors (Lipinski definition) is 4. The van der Waals surface area contributed by atoms with E-state index < -0.39 is 5.60 Å². The first-order valence-electron chi connectivity index (χ1n) is 5.65. The molecular weight excluding hydrogens is 204 g/mol. The van der Waals surface area contributed by atoms with Crippen molar-refractivity contribution in [1.29, 1.82) is 0 Å². The fourth-order valence-electron chi connectivity index (χ4n) is 2.37. The molecule has 0 aromatic carbocycles. The van der Waals surface area contributed by atoms with Crippen molar-refractivity contribution in [3.63, 3.8) is 0 Å². The summed E-state index contributed by atoms with van der Waals surface area (Å²) in [4.78, 5) is 4.07. The molecular formula is C12H18N2O2. The van der Waals surface area contributed by atoms with E-state index in [4.69, 9.17) is 10.5 Å². The number of anilines is 1. The highest BCUT2D eigenvalue weighted by molar-refractivity contribution is 5.47. The van der Waals surface area contributed by atoms with Crippen LogP contribution in [0.25, 0.3) is 0 Å². The summed E-state index contributed by atoms with van der Waals surface area (Å²) >= 11 is 0. The number of aliphatic hydroxyl groups is 1. The topological polar surface area (TPSA) is 68.4 Å². The molecule has 1 saturated heterocycles. The van der Waals surface area contributed by atoms with Crippen LogP contribution in [0.2, 0.25) is 0 Å². The summed E-state index contributed by atoms with van der Waals surface area (Å²) in [6, 6.07) is 1.88. The van der Waals surface area contributed by atoms with Crippen molar-refractivity contribution < 1.29 is 9.84 Å². The number of pyridine rings is 1. The molecule has 1 atom stereocenters. The van der Waals surface area contributed by atoms with Crippen LogP contribution < -0.4 is 5.73 Å². The molecule has 4 heteroatoms. The van der Waals surface area contributed by atoms with Gasteiger partial charge in [-0.1, -0.05) is 0 Å². The third-order valence-electron chi connectivity index (χ3n) is 3.19. The van der Waals surface area contributed by atoms with Gasteiger partial charge in [0.15, 0.2) is 0 Å². The first-order chi connectivity index (χ1) is 7.63. The zero-order valence-corrected chi connectivity index (χ0v) is 9.57. The molecule has 0 amide bonds. The lowest BCUT2D eigenvalue weighted by molar-refractivity contribution is 0.0143. The van der Waals surface area contributed by atoms with Gasteiger partial charge in [-0.15, -0.1) is 0 Å². The summed E-state index contributed by atoms with van der Waals surface area (Å²) < 4.78 is 5.37. The minimum atomic E-state index is -0.876. The molecule has 0 spiro atoms. The van der Waals surface area contributed by atoms with Crippen molar-refractivity contribution in [3.05, 3.63) is 23.4 Å². The molecule has 1 aromatic heterocycles. The van der Waals surface area contributed by atoms with Gasteiger partial charge in [0, 0.05) is 31.4 Å². The van der Waals surface area contributed by atoms with Crippen molar-refractivity contribution >= 4 is 5.82 Å². The molecule has 0 saturated carbocycles. The molecule has 88 valence electrons. The van der Waals surface area contributed by atoms with Crippen LogP contribution in [0.5, 0.6) is 0 Å². The Labute approximate surface area is 95.4 Å². The highest BCUT2D eigenvalue weighted by Crippen LogP contribution is 2.36. The van der Waals surface area contributed by atoms with Crippen LogP contribution in [0.15, 0.2) is 12.3 Å². The van der Waals surface area contributed by atoms with Crippen molar-refractivity contribution in [2.45, 2.75) is 31.8 Å². The Morgan fingerprint density at radius 2 is 2.25 bits per heavy atom. The summed E-state index contributed by atoms with van der Waals surface area (Å²) in [6.07, 6.45) is 3.79. The van der Waals surface area contributed by atoms with Gasteiger partial charge in [-0.3, -0.25) is 0 Å². The molecule has 2 heterocycles. The zero-order valence-electron chi connectivity index (χ0n) is 9.57. The minimum absolute atomic E-state index is 0.435. The molecule has 1 aliphatic heterocycles. The van der Waals surface area contributed by atoms with E-state index in [-0.39, 0.29) is 0 Å². The third kappa shape index (κ3) is 2.03. The molecule has 0 aliphatic carbocycles. The van der Waals surface area contributed by atoms with Crippen molar-refractivity contribution in [3.8, 4) is 0 Å². The second-order valence-corrected chi connectivity index (χ2v) is 4.39. The standard InChI is InChI=1S/C12H18N2O2/c1-9-3-6-14-11(13)10(9)12(15)4-2-7-16-8-5-12/h3,6,15H,2,4-5,7-8H2,1H3,(H2,13,14). The Kier molecular flexibility index (Phi) is 3.12. The third-order valence-corrected chi connectivity index (χ3v) is 3.19. The maximum atomic E-state index is 10.7. The van der Waals surface area contributed by atoms with Crippen molar-refractivity contribution in [1.82, 2.24) is 4.98 Å². The van der Waals surface area contributed by atoms with E-state index in [0.717, 1.165) is 17.5 Å². The lowest BCUT2D eigenvalue weighted by atomic mass is 9.84. The summed E-state index contributed by atoms with van der Waals surface area (Å²) in [5.41, 5.74) is 6.78. The van der Waals surface area contributed by atoms with Gasteiger partial charge in [0.2, 0.25) is 0 Å². The smallest absolute Gasteiger partial charge is 0.129 e. The first-order valence-corrected chi connectivity index (χ1v) is 5.65. The number of nitrogens with two attached hydrogens (primary N) is 1. The Hall–Kier alpha value is -1.13. The molecule has 1 aliphatic rings. The van der Waals surface area contributed by atoms with Crippen molar-refractivity contribution in [2.75, 3.05) is 18.9 Å². The fraction of sp³-hybridized carbons (Fsp3) is 0.583. The molecule has 2 rings (SSSR count). The maximum absolute atomic E-state index is 10.7. The second-order valence-electron chi connectivity index (χ2n) is 4.39. The van der Waals surface area contributed by atoms with Gasteiger partial charge < -0.3 is 15.6 Å². The predicted octanol–water partition coefficient (Wildman–Crippen LogP) is 1.36. The van der Waals surface area contributed by atoms with Crippen LogP contribution in [0, 0.1) is 6.92 Å². The van der Waals surface area contributed by atoms with Gasteiger partial charge >= 0.3 is 0 Å². The van der Waals surface area contributed by atoms with Crippen LogP contribution in [0.3, 0.4) is 0 Å². The van der Waals surface area contributed by atoms with Crippen LogP contribution >= 0.6 is 0 Å². The normalized spacial score (nSPS) is 26.4. The Balaban J connectivity index is 2.40. The zero-order chi connectivity index (χ0) is 11.6. The number of rotatable bonds is 1.